The minimum atomic E-state index is -0.587. The van der Waals surface area contributed by atoms with Gasteiger partial charge in [0.05, 0.1) is 5.57 Å². The Hall–Kier alpha value is -3.53. The van der Waals surface area contributed by atoms with E-state index in [9.17, 15) is 9.90 Å². The normalized spacial score (nSPS) is 15.7. The topological polar surface area (TPSA) is 49.8 Å². The second kappa shape index (κ2) is 12.8. The van der Waals surface area contributed by atoms with Crippen molar-refractivity contribution in [3.63, 3.8) is 0 Å². The average Bonchev–Trinajstić information content (AvgIpc) is 2.92. The smallest absolute Gasteiger partial charge is 0.338 e. The number of carbonyl (C=O) groups is 1. The van der Waals surface area contributed by atoms with Crippen LogP contribution in [-0.2, 0) is 22.6 Å². The lowest BCUT2D eigenvalue weighted by atomic mass is 9.80. The number of aliphatic hydroxyl groups is 1. The zero-order valence-corrected chi connectivity index (χ0v) is 23.0. The molecule has 0 bridgehead atoms. The standard InChI is InChI=1S/C34H41NO3/c1-4-20-34(21-5-2)23-31(36)32(33(37)38-34)30(6-3)28-18-13-19-29(22-28)35(24-26-14-9-7-10-15-26)25-27-16-11-8-12-17-27/h7-19,22,30,36H,4-6,20-21,23-25H2,1-3H3/t30-/m1/s1. The average molecular weight is 512 g/mol. The third-order valence-corrected chi connectivity index (χ3v) is 7.57. The van der Waals surface area contributed by atoms with Crippen LogP contribution in [0.3, 0.4) is 0 Å². The summed E-state index contributed by atoms with van der Waals surface area (Å²) in [5.74, 6) is -0.386. The minimum absolute atomic E-state index is 0.200. The molecule has 0 unspecified atom stereocenters. The van der Waals surface area contributed by atoms with Crippen molar-refractivity contribution in [2.75, 3.05) is 4.90 Å². The summed E-state index contributed by atoms with van der Waals surface area (Å²) in [6.07, 6.45) is 4.46. The highest BCUT2D eigenvalue weighted by Gasteiger charge is 2.42. The van der Waals surface area contributed by atoms with Gasteiger partial charge in [-0.2, -0.15) is 0 Å². The Morgan fingerprint density at radius 3 is 1.92 bits per heavy atom. The predicted molar refractivity (Wildman–Crippen MR) is 155 cm³/mol. The van der Waals surface area contributed by atoms with Crippen LogP contribution in [0.15, 0.2) is 96.3 Å². The number of hydrogen-bond acceptors (Lipinski definition) is 4. The second-order valence-corrected chi connectivity index (χ2v) is 10.5. The number of anilines is 1. The van der Waals surface area contributed by atoms with Crippen LogP contribution in [-0.4, -0.2) is 16.7 Å². The molecule has 0 amide bonds. The molecule has 38 heavy (non-hydrogen) atoms. The molecule has 4 rings (SSSR count). The third-order valence-electron chi connectivity index (χ3n) is 7.57. The summed E-state index contributed by atoms with van der Waals surface area (Å²) in [6.45, 7) is 7.79. The molecule has 0 spiro atoms. The molecule has 0 radical (unpaired) electrons. The predicted octanol–water partition coefficient (Wildman–Crippen LogP) is 8.49. The number of carbonyl (C=O) groups excluding carboxylic acids is 1. The summed E-state index contributed by atoms with van der Waals surface area (Å²) in [5, 5.41) is 11.2. The first-order valence-electron chi connectivity index (χ1n) is 14.1. The fourth-order valence-corrected chi connectivity index (χ4v) is 5.86. The SMILES string of the molecule is CCCC1(CCC)CC(O)=C([C@H](CC)c2cccc(N(Cc3ccccc3)Cc3ccccc3)c2)C(=O)O1. The number of cyclic esters (lactones) is 1. The van der Waals surface area contributed by atoms with Crippen molar-refractivity contribution in [1.82, 2.24) is 0 Å². The molecule has 3 aromatic carbocycles. The van der Waals surface area contributed by atoms with Gasteiger partial charge in [0.2, 0.25) is 0 Å². The Morgan fingerprint density at radius 2 is 1.42 bits per heavy atom. The molecule has 1 aliphatic heterocycles. The second-order valence-electron chi connectivity index (χ2n) is 10.5. The van der Waals surface area contributed by atoms with Crippen molar-refractivity contribution >= 4 is 11.7 Å². The molecule has 0 saturated heterocycles. The van der Waals surface area contributed by atoms with E-state index in [1.807, 2.05) is 12.1 Å². The molecular formula is C34H41NO3. The summed E-state index contributed by atoms with van der Waals surface area (Å²) < 4.78 is 6.11. The number of esters is 1. The van der Waals surface area contributed by atoms with E-state index in [-0.39, 0.29) is 17.6 Å². The third kappa shape index (κ3) is 6.48. The summed E-state index contributed by atoms with van der Waals surface area (Å²) in [5.41, 5.74) is 4.42. The fraction of sp³-hybridized carbons (Fsp3) is 0.382. The summed E-state index contributed by atoms with van der Waals surface area (Å²) in [7, 11) is 0. The molecule has 0 aliphatic carbocycles. The van der Waals surface area contributed by atoms with Gasteiger partial charge in [-0.05, 0) is 48.1 Å². The van der Waals surface area contributed by atoms with Gasteiger partial charge in [-0.3, -0.25) is 0 Å². The molecule has 0 saturated carbocycles. The Morgan fingerprint density at radius 1 is 0.842 bits per heavy atom. The molecule has 4 heteroatoms. The first-order valence-corrected chi connectivity index (χ1v) is 14.1. The van der Waals surface area contributed by atoms with Gasteiger partial charge in [0, 0.05) is 31.1 Å². The van der Waals surface area contributed by atoms with Crippen LogP contribution >= 0.6 is 0 Å². The molecule has 3 aromatic rings. The lowest BCUT2D eigenvalue weighted by Gasteiger charge is -2.38. The van der Waals surface area contributed by atoms with Crippen LogP contribution in [0.1, 0.15) is 81.9 Å². The number of ether oxygens (including phenoxy) is 1. The Labute approximate surface area is 228 Å². The van der Waals surface area contributed by atoms with Gasteiger partial charge in [-0.1, -0.05) is 106 Å². The summed E-state index contributed by atoms with van der Waals surface area (Å²) >= 11 is 0. The van der Waals surface area contributed by atoms with Crippen LogP contribution in [0.25, 0.3) is 0 Å². The highest BCUT2D eigenvalue weighted by molar-refractivity contribution is 5.92. The number of benzene rings is 3. The molecule has 1 N–H and O–H groups in total. The number of nitrogens with zero attached hydrogens (tertiary/aromatic N) is 1. The van der Waals surface area contributed by atoms with Crippen LogP contribution < -0.4 is 4.90 Å². The van der Waals surface area contributed by atoms with Crippen molar-refractivity contribution < 1.29 is 14.6 Å². The first-order chi connectivity index (χ1) is 18.5. The van der Waals surface area contributed by atoms with E-state index in [1.165, 1.54) is 11.1 Å². The quantitative estimate of drug-likeness (QED) is 0.248. The van der Waals surface area contributed by atoms with Crippen molar-refractivity contribution in [1.29, 1.82) is 0 Å². The van der Waals surface area contributed by atoms with Crippen molar-refractivity contribution in [3.05, 3.63) is 113 Å². The summed E-state index contributed by atoms with van der Waals surface area (Å²) in [6, 6.07) is 29.4. The van der Waals surface area contributed by atoms with E-state index in [0.717, 1.165) is 50.0 Å². The van der Waals surface area contributed by atoms with Gasteiger partial charge in [0.1, 0.15) is 11.4 Å². The van der Waals surface area contributed by atoms with E-state index >= 15 is 0 Å². The number of rotatable bonds is 12. The maximum absolute atomic E-state index is 13.4. The van der Waals surface area contributed by atoms with Gasteiger partial charge in [-0.15, -0.1) is 0 Å². The van der Waals surface area contributed by atoms with E-state index in [0.29, 0.717) is 18.4 Å². The molecular weight excluding hydrogens is 470 g/mol. The van der Waals surface area contributed by atoms with E-state index in [4.69, 9.17) is 4.74 Å². The van der Waals surface area contributed by atoms with Crippen LogP contribution in [0, 0.1) is 0 Å². The van der Waals surface area contributed by atoms with Crippen molar-refractivity contribution in [2.45, 2.75) is 83.9 Å². The lowest BCUT2D eigenvalue weighted by molar-refractivity contribution is -0.161. The molecule has 200 valence electrons. The molecule has 1 aliphatic rings. The van der Waals surface area contributed by atoms with Gasteiger partial charge in [0.25, 0.3) is 0 Å². The lowest BCUT2D eigenvalue weighted by Crippen LogP contribution is -2.41. The molecule has 1 atom stereocenters. The monoisotopic (exact) mass is 511 g/mol. The maximum Gasteiger partial charge on any atom is 0.338 e. The molecule has 1 heterocycles. The minimum Gasteiger partial charge on any atom is -0.512 e. The van der Waals surface area contributed by atoms with E-state index in [1.54, 1.807) is 0 Å². The van der Waals surface area contributed by atoms with Crippen molar-refractivity contribution in [2.24, 2.45) is 0 Å². The Kier molecular flexibility index (Phi) is 9.28. The van der Waals surface area contributed by atoms with Gasteiger partial charge in [-0.25, -0.2) is 4.79 Å². The number of aliphatic hydroxyl groups excluding tert-OH is 1. The Balaban J connectivity index is 1.67. The van der Waals surface area contributed by atoms with Crippen LogP contribution in [0.4, 0.5) is 5.69 Å². The Bertz CT molecular complexity index is 1170. The van der Waals surface area contributed by atoms with E-state index < -0.39 is 5.60 Å². The largest absolute Gasteiger partial charge is 0.512 e. The van der Waals surface area contributed by atoms with E-state index in [2.05, 4.69) is 98.5 Å². The zero-order chi connectivity index (χ0) is 27.0. The molecule has 0 aromatic heterocycles. The highest BCUT2D eigenvalue weighted by atomic mass is 16.6. The first kappa shape index (κ1) is 27.5. The van der Waals surface area contributed by atoms with Gasteiger partial charge >= 0.3 is 5.97 Å². The number of hydrogen-bond donors (Lipinski definition) is 1. The molecule has 0 fully saturated rings. The van der Waals surface area contributed by atoms with Gasteiger partial charge < -0.3 is 14.7 Å². The van der Waals surface area contributed by atoms with Crippen LogP contribution in [0.5, 0.6) is 0 Å². The van der Waals surface area contributed by atoms with Crippen LogP contribution in [0.2, 0.25) is 0 Å². The van der Waals surface area contributed by atoms with Gasteiger partial charge in [0.15, 0.2) is 0 Å². The zero-order valence-electron chi connectivity index (χ0n) is 23.0. The molecule has 4 nitrogen and oxygen atoms in total. The van der Waals surface area contributed by atoms with Crippen molar-refractivity contribution in [3.8, 4) is 0 Å². The highest BCUT2D eigenvalue weighted by Crippen LogP contribution is 2.42. The summed E-state index contributed by atoms with van der Waals surface area (Å²) in [4.78, 5) is 15.8. The fourth-order valence-electron chi connectivity index (χ4n) is 5.86. The maximum atomic E-state index is 13.4.